The quantitative estimate of drug-likeness (QED) is 0.445. The summed E-state index contributed by atoms with van der Waals surface area (Å²) in [6.07, 6.45) is -1.13. The molecule has 0 saturated carbocycles. The molecule has 2 rings (SSSR count). The maximum absolute atomic E-state index is 12.1. The highest BCUT2D eigenvalue weighted by atomic mass is 32.2. The van der Waals surface area contributed by atoms with Gasteiger partial charge in [-0.05, 0) is 13.0 Å². The number of carbonyl (C=O) groups is 3. The monoisotopic (exact) mass is 367 g/mol. The number of hydrogen-bond acceptors (Lipinski definition) is 7. The van der Waals surface area contributed by atoms with Crippen LogP contribution in [0, 0.1) is 10.1 Å². The molecule has 1 unspecified atom stereocenters. The zero-order chi connectivity index (χ0) is 18.4. The molecule has 1 aliphatic rings. The second-order valence-electron chi connectivity index (χ2n) is 5.25. The number of rotatable bonds is 7. The number of para-hydroxylation sites is 2. The van der Waals surface area contributed by atoms with E-state index in [1.807, 2.05) is 0 Å². The number of esters is 1. The van der Waals surface area contributed by atoms with Crippen molar-refractivity contribution in [2.75, 3.05) is 24.2 Å². The SMILES string of the molecule is CC(OC(=O)CCN1CCSC1=O)C(=O)Nc1ccccc1[N+](=O)[O-]. The molecule has 134 valence electrons. The first kappa shape index (κ1) is 18.7. The highest BCUT2D eigenvalue weighted by Gasteiger charge is 2.24. The fourth-order valence-electron chi connectivity index (χ4n) is 2.14. The Morgan fingerprint density at radius 1 is 1.44 bits per heavy atom. The molecule has 0 spiro atoms. The van der Waals surface area contributed by atoms with E-state index in [1.54, 1.807) is 11.0 Å². The predicted octanol–water partition coefficient (Wildman–Crippen LogP) is 2.02. The number of nitrogens with one attached hydrogen (secondary N) is 1. The van der Waals surface area contributed by atoms with E-state index in [1.165, 1.54) is 36.9 Å². The summed E-state index contributed by atoms with van der Waals surface area (Å²) in [6, 6.07) is 5.68. The van der Waals surface area contributed by atoms with Gasteiger partial charge in [-0.25, -0.2) is 0 Å². The summed E-state index contributed by atoms with van der Waals surface area (Å²) in [6.45, 7) is 2.20. The first-order valence-corrected chi connectivity index (χ1v) is 8.52. The van der Waals surface area contributed by atoms with Gasteiger partial charge in [0.05, 0.1) is 11.3 Å². The lowest BCUT2D eigenvalue weighted by atomic mass is 10.2. The summed E-state index contributed by atoms with van der Waals surface area (Å²) in [7, 11) is 0. The Labute approximate surface area is 147 Å². The fraction of sp³-hybridized carbons (Fsp3) is 0.400. The third-order valence-corrected chi connectivity index (χ3v) is 4.36. The summed E-state index contributed by atoms with van der Waals surface area (Å²) in [4.78, 5) is 47.1. The molecule has 1 heterocycles. The van der Waals surface area contributed by atoms with Gasteiger partial charge >= 0.3 is 5.97 Å². The van der Waals surface area contributed by atoms with Crippen LogP contribution in [-0.2, 0) is 14.3 Å². The smallest absolute Gasteiger partial charge is 0.308 e. The minimum atomic E-state index is -1.11. The fourth-order valence-corrected chi connectivity index (χ4v) is 2.99. The van der Waals surface area contributed by atoms with Crippen molar-refractivity contribution in [2.45, 2.75) is 19.4 Å². The Bertz CT molecular complexity index is 696. The Kier molecular flexibility index (Phi) is 6.34. The van der Waals surface area contributed by atoms with Crippen molar-refractivity contribution >= 4 is 40.3 Å². The molecule has 0 radical (unpaired) electrons. The number of anilines is 1. The summed E-state index contributed by atoms with van der Waals surface area (Å²) in [5.74, 6) is -0.590. The van der Waals surface area contributed by atoms with E-state index in [-0.39, 0.29) is 29.6 Å². The van der Waals surface area contributed by atoms with Gasteiger partial charge in [0.25, 0.3) is 16.8 Å². The maximum atomic E-state index is 12.1. The Morgan fingerprint density at radius 3 is 2.80 bits per heavy atom. The van der Waals surface area contributed by atoms with E-state index >= 15 is 0 Å². The molecule has 25 heavy (non-hydrogen) atoms. The average molecular weight is 367 g/mol. The highest BCUT2D eigenvalue weighted by Crippen LogP contribution is 2.23. The minimum Gasteiger partial charge on any atom is -0.452 e. The molecular weight excluding hydrogens is 350 g/mol. The lowest BCUT2D eigenvalue weighted by Crippen LogP contribution is -2.32. The summed E-state index contributed by atoms with van der Waals surface area (Å²) in [5.41, 5.74) is -0.223. The van der Waals surface area contributed by atoms with Crippen LogP contribution in [0.3, 0.4) is 0 Å². The van der Waals surface area contributed by atoms with Crippen LogP contribution >= 0.6 is 11.8 Å². The number of carbonyl (C=O) groups excluding carboxylic acids is 3. The van der Waals surface area contributed by atoms with Crippen LogP contribution in [0.15, 0.2) is 24.3 Å². The summed E-state index contributed by atoms with van der Waals surface area (Å²) < 4.78 is 5.01. The Balaban J connectivity index is 1.84. The number of amides is 2. The first-order valence-electron chi connectivity index (χ1n) is 7.54. The minimum absolute atomic E-state index is 0.0184. The number of ether oxygens (including phenoxy) is 1. The van der Waals surface area contributed by atoms with Crippen molar-refractivity contribution in [3.05, 3.63) is 34.4 Å². The molecule has 0 bridgehead atoms. The van der Waals surface area contributed by atoms with Gasteiger partial charge in [0.15, 0.2) is 6.10 Å². The lowest BCUT2D eigenvalue weighted by molar-refractivity contribution is -0.383. The largest absolute Gasteiger partial charge is 0.452 e. The van der Waals surface area contributed by atoms with Gasteiger partial charge in [0.2, 0.25) is 0 Å². The summed E-state index contributed by atoms with van der Waals surface area (Å²) >= 11 is 1.20. The van der Waals surface area contributed by atoms with Gasteiger partial charge in [0.1, 0.15) is 5.69 Å². The second kappa shape index (κ2) is 8.47. The van der Waals surface area contributed by atoms with Crippen LogP contribution in [0.4, 0.5) is 16.2 Å². The normalized spacial score (nSPS) is 14.9. The van der Waals surface area contributed by atoms with Crippen LogP contribution in [0.1, 0.15) is 13.3 Å². The van der Waals surface area contributed by atoms with E-state index in [9.17, 15) is 24.5 Å². The summed E-state index contributed by atoms with van der Waals surface area (Å²) in [5, 5.41) is 13.2. The third-order valence-electron chi connectivity index (χ3n) is 3.47. The number of benzene rings is 1. The van der Waals surface area contributed by atoms with E-state index in [4.69, 9.17) is 4.74 Å². The van der Waals surface area contributed by atoms with Gasteiger partial charge in [0, 0.05) is 24.9 Å². The number of nitro benzene ring substituents is 1. The van der Waals surface area contributed by atoms with Crippen LogP contribution in [0.2, 0.25) is 0 Å². The number of thioether (sulfide) groups is 1. The lowest BCUT2D eigenvalue weighted by Gasteiger charge is -2.16. The first-order chi connectivity index (χ1) is 11.9. The Hall–Kier alpha value is -2.62. The van der Waals surface area contributed by atoms with Crippen molar-refractivity contribution in [3.8, 4) is 0 Å². The molecule has 1 atom stereocenters. The molecule has 1 aliphatic heterocycles. The standard InChI is InChI=1S/C15H17N3O6S/c1-10(24-13(19)6-7-17-8-9-25-15(17)21)14(20)16-11-4-2-3-5-12(11)18(22)23/h2-5,10H,6-9H2,1H3,(H,16,20). The van der Waals surface area contributed by atoms with E-state index < -0.39 is 22.9 Å². The van der Waals surface area contributed by atoms with Gasteiger partial charge in [-0.15, -0.1) is 0 Å². The molecule has 10 heteroatoms. The van der Waals surface area contributed by atoms with Crippen molar-refractivity contribution in [1.29, 1.82) is 0 Å². The molecule has 9 nitrogen and oxygen atoms in total. The van der Waals surface area contributed by atoms with Crippen molar-refractivity contribution in [1.82, 2.24) is 4.90 Å². The molecule has 1 aromatic carbocycles. The number of nitrogens with zero attached hydrogens (tertiary/aromatic N) is 2. The van der Waals surface area contributed by atoms with Crippen molar-refractivity contribution < 1.29 is 24.0 Å². The highest BCUT2D eigenvalue weighted by molar-refractivity contribution is 8.13. The van der Waals surface area contributed by atoms with Crippen LogP contribution < -0.4 is 5.32 Å². The molecule has 1 saturated heterocycles. The van der Waals surface area contributed by atoms with Crippen molar-refractivity contribution in [3.63, 3.8) is 0 Å². The van der Waals surface area contributed by atoms with Gasteiger partial charge in [-0.2, -0.15) is 0 Å². The zero-order valence-corrected chi connectivity index (χ0v) is 14.3. The molecule has 1 aromatic rings. The van der Waals surface area contributed by atoms with Gasteiger partial charge in [-0.3, -0.25) is 24.5 Å². The predicted molar refractivity (Wildman–Crippen MR) is 91.3 cm³/mol. The van der Waals surface area contributed by atoms with Crippen LogP contribution in [0.25, 0.3) is 0 Å². The van der Waals surface area contributed by atoms with Crippen LogP contribution in [0.5, 0.6) is 0 Å². The van der Waals surface area contributed by atoms with Gasteiger partial charge in [-0.1, -0.05) is 23.9 Å². The third kappa shape index (κ3) is 5.18. The van der Waals surface area contributed by atoms with Gasteiger partial charge < -0.3 is 15.0 Å². The molecule has 1 fully saturated rings. The van der Waals surface area contributed by atoms with Crippen LogP contribution in [-0.4, -0.2) is 51.9 Å². The van der Waals surface area contributed by atoms with E-state index in [0.717, 1.165) is 0 Å². The molecular formula is C15H17N3O6S. The molecule has 0 aromatic heterocycles. The average Bonchev–Trinajstić information content (AvgIpc) is 2.98. The topological polar surface area (TPSA) is 119 Å². The van der Waals surface area contributed by atoms with E-state index in [2.05, 4.69) is 5.32 Å². The van der Waals surface area contributed by atoms with Crippen molar-refractivity contribution in [2.24, 2.45) is 0 Å². The zero-order valence-electron chi connectivity index (χ0n) is 13.5. The number of hydrogen-bond donors (Lipinski definition) is 1. The molecule has 1 N–H and O–H groups in total. The maximum Gasteiger partial charge on any atom is 0.308 e. The molecule has 0 aliphatic carbocycles. The Morgan fingerprint density at radius 2 is 2.16 bits per heavy atom. The van der Waals surface area contributed by atoms with E-state index in [0.29, 0.717) is 12.3 Å². The second-order valence-corrected chi connectivity index (χ2v) is 6.29. The molecule has 2 amide bonds. The number of nitro groups is 1.